The molecule has 0 spiro atoms. The first-order valence-corrected chi connectivity index (χ1v) is 3.88. The van der Waals surface area contributed by atoms with Crippen LogP contribution in [0.1, 0.15) is 13.3 Å². The van der Waals surface area contributed by atoms with Crippen molar-refractivity contribution in [1.29, 1.82) is 5.41 Å². The van der Waals surface area contributed by atoms with Gasteiger partial charge < -0.3 is 10.7 Å². The zero-order valence-corrected chi connectivity index (χ0v) is 7.02. The Morgan fingerprint density at radius 1 is 1.73 bits per heavy atom. The van der Waals surface area contributed by atoms with E-state index in [9.17, 15) is 0 Å². The molecule has 1 aliphatic rings. The highest BCUT2D eigenvalue weighted by Crippen LogP contribution is 2.18. The van der Waals surface area contributed by atoms with Gasteiger partial charge in [0, 0.05) is 24.5 Å². The summed E-state index contributed by atoms with van der Waals surface area (Å²) in [5.41, 5.74) is 2.09. The van der Waals surface area contributed by atoms with Gasteiger partial charge in [-0.1, -0.05) is 19.1 Å². The van der Waals surface area contributed by atoms with Gasteiger partial charge in [-0.25, -0.2) is 0 Å². The predicted octanol–water partition coefficient (Wildman–Crippen LogP) is 1.71. The average molecular weight is 150 g/mol. The van der Waals surface area contributed by atoms with E-state index in [2.05, 4.69) is 24.4 Å². The van der Waals surface area contributed by atoms with Crippen LogP contribution < -0.4 is 5.32 Å². The molecule has 2 heteroatoms. The molecule has 0 heterocycles. The van der Waals surface area contributed by atoms with Gasteiger partial charge in [-0.05, 0) is 12.3 Å². The van der Waals surface area contributed by atoms with Crippen molar-refractivity contribution >= 4 is 6.21 Å². The number of rotatable bonds is 2. The summed E-state index contributed by atoms with van der Waals surface area (Å²) < 4.78 is 0. The summed E-state index contributed by atoms with van der Waals surface area (Å²) in [5.74, 6) is 0.573. The molecule has 60 valence electrons. The molecular weight excluding hydrogens is 136 g/mol. The van der Waals surface area contributed by atoms with Gasteiger partial charge in [0.15, 0.2) is 0 Å². The fraction of sp³-hybridized carbons (Fsp3) is 0.444. The second-order valence-electron chi connectivity index (χ2n) is 2.85. The van der Waals surface area contributed by atoms with Crippen molar-refractivity contribution in [2.24, 2.45) is 5.92 Å². The highest BCUT2D eigenvalue weighted by molar-refractivity contribution is 5.82. The van der Waals surface area contributed by atoms with E-state index < -0.39 is 0 Å². The Morgan fingerprint density at radius 2 is 2.45 bits per heavy atom. The van der Waals surface area contributed by atoms with Gasteiger partial charge in [0.2, 0.25) is 0 Å². The van der Waals surface area contributed by atoms with E-state index in [1.54, 1.807) is 0 Å². The number of allylic oxidation sites excluding steroid dienone is 3. The molecule has 2 nitrogen and oxygen atoms in total. The Bertz CT molecular complexity index is 214. The molecule has 2 N–H and O–H groups in total. The van der Waals surface area contributed by atoms with Crippen LogP contribution in [0, 0.1) is 11.3 Å². The van der Waals surface area contributed by atoms with E-state index in [-0.39, 0.29) is 0 Å². The van der Waals surface area contributed by atoms with Gasteiger partial charge in [0.25, 0.3) is 0 Å². The van der Waals surface area contributed by atoms with Gasteiger partial charge in [-0.2, -0.15) is 0 Å². The molecule has 1 aliphatic carbocycles. The van der Waals surface area contributed by atoms with Crippen LogP contribution in [-0.4, -0.2) is 13.3 Å². The summed E-state index contributed by atoms with van der Waals surface area (Å²) in [7, 11) is 1.89. The quantitative estimate of drug-likeness (QED) is 0.577. The zero-order chi connectivity index (χ0) is 8.27. The van der Waals surface area contributed by atoms with Crippen LogP contribution in [0.15, 0.2) is 23.4 Å². The molecule has 0 bridgehead atoms. The lowest BCUT2D eigenvalue weighted by atomic mass is 9.96. The van der Waals surface area contributed by atoms with E-state index >= 15 is 0 Å². The summed E-state index contributed by atoms with van der Waals surface area (Å²) in [4.78, 5) is 0. The Balaban J connectivity index is 2.82. The van der Waals surface area contributed by atoms with Crippen LogP contribution in [-0.2, 0) is 0 Å². The van der Waals surface area contributed by atoms with Crippen molar-refractivity contribution in [1.82, 2.24) is 5.32 Å². The second-order valence-corrected chi connectivity index (χ2v) is 2.85. The van der Waals surface area contributed by atoms with Gasteiger partial charge >= 0.3 is 0 Å². The molecule has 1 atom stereocenters. The number of likely N-dealkylation sites (N-methyl/N-ethyl adjacent to an activating group) is 1. The van der Waals surface area contributed by atoms with E-state index in [1.165, 1.54) is 6.21 Å². The third-order valence-electron chi connectivity index (χ3n) is 1.89. The zero-order valence-electron chi connectivity index (χ0n) is 7.02. The molecule has 0 aromatic carbocycles. The number of hydrogen-bond acceptors (Lipinski definition) is 2. The maximum Gasteiger partial charge on any atom is 0.0383 e. The largest absolute Gasteiger partial charge is 0.388 e. The molecular formula is C9H14N2. The van der Waals surface area contributed by atoms with Gasteiger partial charge in [0.1, 0.15) is 0 Å². The van der Waals surface area contributed by atoms with Crippen LogP contribution in [0.25, 0.3) is 0 Å². The maximum atomic E-state index is 7.15. The maximum absolute atomic E-state index is 7.15. The molecule has 0 saturated carbocycles. The van der Waals surface area contributed by atoms with Crippen molar-refractivity contribution in [2.45, 2.75) is 13.3 Å². The molecule has 11 heavy (non-hydrogen) atoms. The predicted molar refractivity (Wildman–Crippen MR) is 47.8 cm³/mol. The average Bonchev–Trinajstić information content (AvgIpc) is 2.04. The smallest absolute Gasteiger partial charge is 0.0383 e. The molecule has 0 aromatic heterocycles. The first-order chi connectivity index (χ1) is 5.27. The van der Waals surface area contributed by atoms with Crippen LogP contribution in [0.2, 0.25) is 0 Å². The number of hydrogen-bond donors (Lipinski definition) is 2. The molecule has 0 aromatic rings. The van der Waals surface area contributed by atoms with E-state index in [0.717, 1.165) is 17.7 Å². The molecule has 0 aliphatic heterocycles. The van der Waals surface area contributed by atoms with Crippen LogP contribution in [0.4, 0.5) is 0 Å². The van der Waals surface area contributed by atoms with Gasteiger partial charge in [-0.15, -0.1) is 0 Å². The highest BCUT2D eigenvalue weighted by atomic mass is 14.8. The summed E-state index contributed by atoms with van der Waals surface area (Å²) in [6, 6.07) is 0. The normalized spacial score (nSPS) is 23.6. The van der Waals surface area contributed by atoms with Crippen molar-refractivity contribution in [3.05, 3.63) is 23.4 Å². The highest BCUT2D eigenvalue weighted by Gasteiger charge is 2.08. The molecule has 1 rings (SSSR count). The fourth-order valence-corrected chi connectivity index (χ4v) is 1.26. The topological polar surface area (TPSA) is 35.9 Å². The summed E-state index contributed by atoms with van der Waals surface area (Å²) >= 11 is 0. The van der Waals surface area contributed by atoms with E-state index in [1.807, 2.05) is 7.05 Å². The monoisotopic (exact) mass is 150 g/mol. The summed E-state index contributed by atoms with van der Waals surface area (Å²) in [5, 5.41) is 10.2. The minimum atomic E-state index is 0.573. The third-order valence-corrected chi connectivity index (χ3v) is 1.89. The third kappa shape index (κ3) is 1.70. The molecule has 0 amide bonds. The van der Waals surface area contributed by atoms with Crippen molar-refractivity contribution in [3.63, 3.8) is 0 Å². The van der Waals surface area contributed by atoms with Crippen LogP contribution >= 0.6 is 0 Å². The lowest BCUT2D eigenvalue weighted by Crippen LogP contribution is -2.13. The Morgan fingerprint density at radius 3 is 3.00 bits per heavy atom. The van der Waals surface area contributed by atoms with Crippen LogP contribution in [0.3, 0.4) is 0 Å². The Hall–Kier alpha value is -1.05. The molecule has 0 saturated heterocycles. The minimum Gasteiger partial charge on any atom is -0.388 e. The first kappa shape index (κ1) is 8.05. The van der Waals surface area contributed by atoms with Crippen molar-refractivity contribution in [2.75, 3.05) is 7.05 Å². The number of nitrogens with one attached hydrogen (secondary N) is 2. The lowest BCUT2D eigenvalue weighted by Gasteiger charge is -2.15. The first-order valence-electron chi connectivity index (χ1n) is 3.88. The standard InChI is InChI=1S/C9H14N2/c1-7-3-4-9(11-2)8(5-7)6-10/h4-7,10-11H,3H2,1-2H3. The SMILES string of the molecule is CNC1=CCC(C)C=C1C=N. The van der Waals surface area contributed by atoms with Gasteiger partial charge in [0.05, 0.1) is 0 Å². The molecule has 0 fully saturated rings. The van der Waals surface area contributed by atoms with E-state index in [4.69, 9.17) is 5.41 Å². The fourth-order valence-electron chi connectivity index (χ4n) is 1.26. The lowest BCUT2D eigenvalue weighted by molar-refractivity contribution is 0.717. The van der Waals surface area contributed by atoms with Crippen LogP contribution in [0.5, 0.6) is 0 Å². The molecule has 0 radical (unpaired) electrons. The summed E-state index contributed by atoms with van der Waals surface area (Å²) in [6.07, 6.45) is 6.75. The Kier molecular flexibility index (Phi) is 2.47. The Labute approximate surface area is 67.5 Å². The van der Waals surface area contributed by atoms with Gasteiger partial charge in [-0.3, -0.25) is 0 Å². The van der Waals surface area contributed by atoms with E-state index in [0.29, 0.717) is 5.92 Å². The molecule has 1 unspecified atom stereocenters. The second kappa shape index (κ2) is 3.37. The minimum absolute atomic E-state index is 0.573. The van der Waals surface area contributed by atoms with Crippen molar-refractivity contribution in [3.8, 4) is 0 Å². The summed E-state index contributed by atoms with van der Waals surface area (Å²) in [6.45, 7) is 2.16. The van der Waals surface area contributed by atoms with Crippen molar-refractivity contribution < 1.29 is 0 Å².